The van der Waals surface area contributed by atoms with Gasteiger partial charge in [0.05, 0.1) is 6.42 Å². The Morgan fingerprint density at radius 1 is 1.29 bits per heavy atom. The summed E-state index contributed by atoms with van der Waals surface area (Å²) in [4.78, 5) is 11.6. The van der Waals surface area contributed by atoms with Crippen LogP contribution < -0.4 is 11.1 Å². The lowest BCUT2D eigenvalue weighted by molar-refractivity contribution is -0.120. The first-order chi connectivity index (χ1) is 8.13. The second kappa shape index (κ2) is 7.07. The minimum atomic E-state index is 0.0655. The lowest BCUT2D eigenvalue weighted by Crippen LogP contribution is -2.27. The van der Waals surface area contributed by atoms with Crippen LogP contribution in [0.3, 0.4) is 0 Å². The van der Waals surface area contributed by atoms with E-state index in [0.717, 1.165) is 12.0 Å². The van der Waals surface area contributed by atoms with E-state index in [1.54, 1.807) is 0 Å². The zero-order valence-electron chi connectivity index (χ0n) is 10.7. The molecule has 0 heterocycles. The Morgan fingerprint density at radius 3 is 2.47 bits per heavy atom. The Balaban J connectivity index is 2.43. The van der Waals surface area contributed by atoms with Crippen LogP contribution >= 0.6 is 0 Å². The Bertz CT molecular complexity index is 344. The monoisotopic (exact) mass is 234 g/mol. The molecule has 0 fully saturated rings. The third-order valence-electron chi connectivity index (χ3n) is 2.71. The molecule has 3 heteroatoms. The Hall–Kier alpha value is -1.35. The molecule has 1 rings (SSSR count). The van der Waals surface area contributed by atoms with Gasteiger partial charge in [0.2, 0.25) is 5.91 Å². The van der Waals surface area contributed by atoms with Gasteiger partial charge >= 0.3 is 0 Å². The number of nitrogens with two attached hydrogens (primary N) is 1. The molecule has 0 saturated carbocycles. The van der Waals surface area contributed by atoms with Gasteiger partial charge in [-0.3, -0.25) is 4.79 Å². The SMILES string of the molecule is CC(C)c1ccc(CC(=O)NCCCN)cc1. The summed E-state index contributed by atoms with van der Waals surface area (Å²) in [6.45, 7) is 5.60. The molecule has 17 heavy (non-hydrogen) atoms. The molecule has 0 aliphatic rings. The molecule has 94 valence electrons. The third-order valence-corrected chi connectivity index (χ3v) is 2.71. The van der Waals surface area contributed by atoms with E-state index in [1.807, 2.05) is 12.1 Å². The summed E-state index contributed by atoms with van der Waals surface area (Å²) in [7, 11) is 0. The molecule has 0 atom stereocenters. The normalized spacial score (nSPS) is 10.6. The van der Waals surface area contributed by atoms with Crippen LogP contribution in [0.5, 0.6) is 0 Å². The van der Waals surface area contributed by atoms with E-state index in [1.165, 1.54) is 5.56 Å². The van der Waals surface area contributed by atoms with Gasteiger partial charge in [-0.2, -0.15) is 0 Å². The van der Waals surface area contributed by atoms with E-state index in [0.29, 0.717) is 25.4 Å². The molecule has 1 amide bonds. The van der Waals surface area contributed by atoms with Crippen molar-refractivity contribution in [3.05, 3.63) is 35.4 Å². The van der Waals surface area contributed by atoms with Crippen molar-refractivity contribution >= 4 is 5.91 Å². The average molecular weight is 234 g/mol. The van der Waals surface area contributed by atoms with Gasteiger partial charge in [-0.25, -0.2) is 0 Å². The highest BCUT2D eigenvalue weighted by Crippen LogP contribution is 2.14. The predicted octanol–water partition coefficient (Wildman–Crippen LogP) is 1.82. The first-order valence-corrected chi connectivity index (χ1v) is 6.19. The molecular weight excluding hydrogens is 212 g/mol. The van der Waals surface area contributed by atoms with Gasteiger partial charge < -0.3 is 11.1 Å². The lowest BCUT2D eigenvalue weighted by atomic mass is 10.0. The van der Waals surface area contributed by atoms with Crippen LogP contribution in [0.2, 0.25) is 0 Å². The molecule has 0 unspecified atom stereocenters. The van der Waals surface area contributed by atoms with E-state index in [4.69, 9.17) is 5.73 Å². The van der Waals surface area contributed by atoms with Crippen molar-refractivity contribution in [1.82, 2.24) is 5.32 Å². The smallest absolute Gasteiger partial charge is 0.224 e. The van der Waals surface area contributed by atoms with Crippen LogP contribution in [-0.4, -0.2) is 19.0 Å². The quantitative estimate of drug-likeness (QED) is 0.738. The molecular formula is C14H22N2O. The van der Waals surface area contributed by atoms with E-state index in [9.17, 15) is 4.79 Å². The van der Waals surface area contributed by atoms with Crippen LogP contribution in [0, 0.1) is 0 Å². The van der Waals surface area contributed by atoms with E-state index in [-0.39, 0.29) is 5.91 Å². The maximum absolute atomic E-state index is 11.6. The summed E-state index contributed by atoms with van der Waals surface area (Å²) in [6, 6.07) is 8.23. The number of rotatable bonds is 6. The molecule has 0 saturated heterocycles. The number of hydrogen-bond donors (Lipinski definition) is 2. The molecule has 0 aromatic heterocycles. The highest BCUT2D eigenvalue weighted by atomic mass is 16.1. The van der Waals surface area contributed by atoms with E-state index < -0.39 is 0 Å². The van der Waals surface area contributed by atoms with Crippen molar-refractivity contribution in [1.29, 1.82) is 0 Å². The van der Waals surface area contributed by atoms with Crippen molar-refractivity contribution in [3.63, 3.8) is 0 Å². The zero-order valence-corrected chi connectivity index (χ0v) is 10.7. The first kappa shape index (κ1) is 13.7. The summed E-state index contributed by atoms with van der Waals surface area (Å²) >= 11 is 0. The van der Waals surface area contributed by atoms with Gasteiger partial charge in [-0.05, 0) is 30.0 Å². The molecule has 0 aliphatic heterocycles. The van der Waals surface area contributed by atoms with Crippen molar-refractivity contribution < 1.29 is 4.79 Å². The summed E-state index contributed by atoms with van der Waals surface area (Å²) in [5.74, 6) is 0.596. The molecule has 0 bridgehead atoms. The minimum Gasteiger partial charge on any atom is -0.356 e. The number of hydrogen-bond acceptors (Lipinski definition) is 2. The molecule has 1 aromatic carbocycles. The fraction of sp³-hybridized carbons (Fsp3) is 0.500. The summed E-state index contributed by atoms with van der Waals surface area (Å²) in [6.07, 6.45) is 1.28. The van der Waals surface area contributed by atoms with E-state index in [2.05, 4.69) is 31.3 Å². The van der Waals surface area contributed by atoms with Gasteiger partial charge in [0, 0.05) is 6.54 Å². The molecule has 3 N–H and O–H groups in total. The average Bonchev–Trinajstić information content (AvgIpc) is 2.30. The van der Waals surface area contributed by atoms with Crippen molar-refractivity contribution in [3.8, 4) is 0 Å². The van der Waals surface area contributed by atoms with Crippen molar-refractivity contribution in [2.75, 3.05) is 13.1 Å². The molecule has 0 spiro atoms. The third kappa shape index (κ3) is 5.00. The fourth-order valence-electron chi connectivity index (χ4n) is 1.60. The van der Waals surface area contributed by atoms with Crippen LogP contribution in [0.4, 0.5) is 0 Å². The molecule has 1 aromatic rings. The van der Waals surface area contributed by atoms with Crippen molar-refractivity contribution in [2.45, 2.75) is 32.6 Å². The fourth-order valence-corrected chi connectivity index (χ4v) is 1.60. The number of nitrogens with one attached hydrogen (secondary N) is 1. The summed E-state index contributed by atoms with van der Waals surface area (Å²) in [5, 5.41) is 2.85. The lowest BCUT2D eigenvalue weighted by Gasteiger charge is -2.07. The topological polar surface area (TPSA) is 55.1 Å². The minimum absolute atomic E-state index is 0.0655. The van der Waals surface area contributed by atoms with Gasteiger partial charge in [0.25, 0.3) is 0 Å². The second-order valence-electron chi connectivity index (χ2n) is 4.57. The largest absolute Gasteiger partial charge is 0.356 e. The zero-order chi connectivity index (χ0) is 12.7. The summed E-state index contributed by atoms with van der Waals surface area (Å²) < 4.78 is 0. The van der Waals surface area contributed by atoms with Crippen LogP contribution in [0.25, 0.3) is 0 Å². The van der Waals surface area contributed by atoms with Gasteiger partial charge in [-0.1, -0.05) is 38.1 Å². The number of amides is 1. The number of carbonyl (C=O) groups excluding carboxylic acids is 1. The second-order valence-corrected chi connectivity index (χ2v) is 4.57. The highest BCUT2D eigenvalue weighted by Gasteiger charge is 2.03. The Kier molecular flexibility index (Phi) is 5.70. The van der Waals surface area contributed by atoms with Crippen LogP contribution in [0.1, 0.15) is 37.3 Å². The maximum atomic E-state index is 11.6. The van der Waals surface area contributed by atoms with Gasteiger partial charge in [-0.15, -0.1) is 0 Å². The van der Waals surface area contributed by atoms with Crippen LogP contribution in [0.15, 0.2) is 24.3 Å². The molecule has 0 aliphatic carbocycles. The van der Waals surface area contributed by atoms with E-state index >= 15 is 0 Å². The van der Waals surface area contributed by atoms with Gasteiger partial charge in [0.15, 0.2) is 0 Å². The first-order valence-electron chi connectivity index (χ1n) is 6.19. The Morgan fingerprint density at radius 2 is 1.94 bits per heavy atom. The number of benzene rings is 1. The number of carbonyl (C=O) groups is 1. The molecule has 0 radical (unpaired) electrons. The summed E-state index contributed by atoms with van der Waals surface area (Å²) in [5.41, 5.74) is 7.72. The maximum Gasteiger partial charge on any atom is 0.224 e. The molecule has 3 nitrogen and oxygen atoms in total. The highest BCUT2D eigenvalue weighted by molar-refractivity contribution is 5.78. The standard InChI is InChI=1S/C14H22N2O/c1-11(2)13-6-4-12(5-7-13)10-14(17)16-9-3-8-15/h4-7,11H,3,8-10,15H2,1-2H3,(H,16,17). The van der Waals surface area contributed by atoms with Crippen molar-refractivity contribution in [2.24, 2.45) is 5.73 Å². The van der Waals surface area contributed by atoms with Crippen LogP contribution in [-0.2, 0) is 11.2 Å². The Labute approximate surface area is 103 Å². The van der Waals surface area contributed by atoms with Gasteiger partial charge in [0.1, 0.15) is 0 Å². The predicted molar refractivity (Wildman–Crippen MR) is 70.9 cm³/mol.